The maximum atomic E-state index is 12.6. The lowest BCUT2D eigenvalue weighted by Crippen LogP contribution is -2.25. The Balaban J connectivity index is 2.44. The number of halogens is 2. The maximum absolute atomic E-state index is 12.6. The van der Waals surface area contributed by atoms with Gasteiger partial charge < -0.3 is 20.3 Å². The van der Waals surface area contributed by atoms with Crippen LogP contribution in [0.2, 0.25) is 0 Å². The van der Waals surface area contributed by atoms with Crippen molar-refractivity contribution in [3.8, 4) is 11.5 Å². The van der Waals surface area contributed by atoms with E-state index in [1.54, 1.807) is 0 Å². The Bertz CT molecular complexity index is 381. The number of hydrogen-bond donors (Lipinski definition) is 2. The van der Waals surface area contributed by atoms with Crippen LogP contribution >= 0.6 is 0 Å². The van der Waals surface area contributed by atoms with Crippen molar-refractivity contribution < 1.29 is 23.4 Å². The van der Waals surface area contributed by atoms with E-state index in [1.807, 2.05) is 0 Å². The zero-order chi connectivity index (χ0) is 10.3. The molecule has 0 amide bonds. The molecule has 1 aromatic rings. The first kappa shape index (κ1) is 9.01. The van der Waals surface area contributed by atoms with Crippen LogP contribution in [0.15, 0.2) is 12.1 Å². The third-order valence-electron chi connectivity index (χ3n) is 1.83. The highest BCUT2D eigenvalue weighted by molar-refractivity contribution is 5.58. The van der Waals surface area contributed by atoms with Crippen molar-refractivity contribution in [1.82, 2.24) is 0 Å². The summed E-state index contributed by atoms with van der Waals surface area (Å²) in [6, 6.07) is 2.42. The smallest absolute Gasteiger partial charge is 0.398 e. The number of fused-ring (bicyclic) bond motifs is 1. The molecule has 6 heteroatoms. The minimum absolute atomic E-state index is 0.117. The lowest BCUT2D eigenvalue weighted by molar-refractivity contribution is -0.286. The Hall–Kier alpha value is -1.56. The second-order valence-corrected chi connectivity index (χ2v) is 2.82. The summed E-state index contributed by atoms with van der Waals surface area (Å²) in [7, 11) is 0. The maximum Gasteiger partial charge on any atom is 0.586 e. The number of hydrogen-bond acceptors (Lipinski definition) is 4. The van der Waals surface area contributed by atoms with Gasteiger partial charge in [-0.1, -0.05) is 0 Å². The number of anilines is 1. The molecular weight excluding hydrogens is 196 g/mol. The predicted octanol–water partition coefficient (Wildman–Crippen LogP) is 1.08. The third-order valence-corrected chi connectivity index (χ3v) is 1.83. The van der Waals surface area contributed by atoms with Gasteiger partial charge in [-0.2, -0.15) is 0 Å². The van der Waals surface area contributed by atoms with Crippen molar-refractivity contribution in [1.29, 1.82) is 0 Å². The Morgan fingerprint density at radius 3 is 2.43 bits per heavy atom. The lowest BCUT2D eigenvalue weighted by Gasteiger charge is -2.04. The molecule has 1 aliphatic heterocycles. The summed E-state index contributed by atoms with van der Waals surface area (Å²) in [6.07, 6.45) is -3.65. The summed E-state index contributed by atoms with van der Waals surface area (Å²) in [5, 5.41) is 8.82. The van der Waals surface area contributed by atoms with Crippen LogP contribution in [0.1, 0.15) is 5.56 Å². The summed E-state index contributed by atoms with van der Waals surface area (Å²) in [5.41, 5.74) is 5.96. The van der Waals surface area contributed by atoms with Gasteiger partial charge >= 0.3 is 6.29 Å². The molecular formula is C8H7F2NO3. The summed E-state index contributed by atoms with van der Waals surface area (Å²) in [6.45, 7) is -0.339. The number of ether oxygens (including phenoxy) is 2. The number of alkyl halides is 2. The van der Waals surface area contributed by atoms with Gasteiger partial charge in [0.1, 0.15) is 0 Å². The fourth-order valence-electron chi connectivity index (χ4n) is 1.19. The summed E-state index contributed by atoms with van der Waals surface area (Å²) in [4.78, 5) is 0. The highest BCUT2D eigenvalue weighted by atomic mass is 19.3. The lowest BCUT2D eigenvalue weighted by atomic mass is 10.1. The van der Waals surface area contributed by atoms with Crippen LogP contribution in [0, 0.1) is 0 Å². The molecule has 0 saturated carbocycles. The number of nitrogens with two attached hydrogens (primary N) is 1. The van der Waals surface area contributed by atoms with Gasteiger partial charge in [0.2, 0.25) is 0 Å². The molecule has 3 N–H and O–H groups in total. The fraction of sp³-hybridized carbons (Fsp3) is 0.250. The number of benzene rings is 1. The molecule has 0 saturated heterocycles. The second kappa shape index (κ2) is 2.71. The minimum Gasteiger partial charge on any atom is -0.398 e. The molecule has 2 rings (SSSR count). The normalized spacial score (nSPS) is 17.1. The predicted molar refractivity (Wildman–Crippen MR) is 43.0 cm³/mol. The zero-order valence-corrected chi connectivity index (χ0v) is 6.96. The molecule has 0 bridgehead atoms. The Morgan fingerprint density at radius 1 is 1.29 bits per heavy atom. The van der Waals surface area contributed by atoms with Gasteiger partial charge in [-0.25, -0.2) is 0 Å². The van der Waals surface area contributed by atoms with Gasteiger partial charge in [-0.05, 0) is 6.07 Å². The molecule has 76 valence electrons. The molecule has 1 aromatic carbocycles. The van der Waals surface area contributed by atoms with Crippen molar-refractivity contribution in [2.45, 2.75) is 12.9 Å². The molecule has 1 aliphatic rings. The van der Waals surface area contributed by atoms with Gasteiger partial charge in [0.25, 0.3) is 0 Å². The van der Waals surface area contributed by atoms with Crippen molar-refractivity contribution >= 4 is 5.69 Å². The van der Waals surface area contributed by atoms with Crippen LogP contribution in [-0.4, -0.2) is 11.4 Å². The van der Waals surface area contributed by atoms with Crippen LogP contribution < -0.4 is 15.2 Å². The van der Waals surface area contributed by atoms with E-state index in [0.29, 0.717) is 5.56 Å². The first-order valence-corrected chi connectivity index (χ1v) is 3.81. The van der Waals surface area contributed by atoms with E-state index >= 15 is 0 Å². The van der Waals surface area contributed by atoms with Crippen LogP contribution in [0.3, 0.4) is 0 Å². The molecule has 4 nitrogen and oxygen atoms in total. The topological polar surface area (TPSA) is 64.7 Å². The molecule has 1 heterocycles. The van der Waals surface area contributed by atoms with E-state index in [0.717, 1.165) is 0 Å². The van der Waals surface area contributed by atoms with Gasteiger partial charge in [0.15, 0.2) is 11.5 Å². The number of aliphatic hydroxyl groups is 1. The van der Waals surface area contributed by atoms with E-state index in [4.69, 9.17) is 10.8 Å². The minimum atomic E-state index is -3.65. The quantitative estimate of drug-likeness (QED) is 0.670. The molecule has 14 heavy (non-hydrogen) atoms. The molecule has 0 atom stereocenters. The van der Waals surface area contributed by atoms with E-state index in [9.17, 15) is 8.78 Å². The average Bonchev–Trinajstić information content (AvgIpc) is 2.36. The first-order valence-electron chi connectivity index (χ1n) is 3.81. The number of rotatable bonds is 1. The molecule has 0 radical (unpaired) electrons. The number of nitrogen functional groups attached to an aromatic ring is 1. The summed E-state index contributed by atoms with van der Waals surface area (Å²) >= 11 is 0. The summed E-state index contributed by atoms with van der Waals surface area (Å²) < 4.78 is 33.4. The van der Waals surface area contributed by atoms with Crippen LogP contribution in [0.4, 0.5) is 14.5 Å². The molecule has 0 unspecified atom stereocenters. The molecule has 0 aromatic heterocycles. The molecule has 0 fully saturated rings. The van der Waals surface area contributed by atoms with Crippen molar-refractivity contribution in [3.63, 3.8) is 0 Å². The van der Waals surface area contributed by atoms with Gasteiger partial charge in [0.05, 0.1) is 6.61 Å². The highest BCUT2D eigenvalue weighted by Gasteiger charge is 2.43. The van der Waals surface area contributed by atoms with Crippen molar-refractivity contribution in [3.05, 3.63) is 17.7 Å². The van der Waals surface area contributed by atoms with Crippen LogP contribution in [0.5, 0.6) is 11.5 Å². The SMILES string of the molecule is Nc1cc2c(cc1CO)OC(F)(F)O2. The van der Waals surface area contributed by atoms with Gasteiger partial charge in [0, 0.05) is 17.3 Å². The zero-order valence-electron chi connectivity index (χ0n) is 6.96. The Labute approximate surface area is 77.8 Å². The van der Waals surface area contributed by atoms with Gasteiger partial charge in [-0.3, -0.25) is 0 Å². The van der Waals surface area contributed by atoms with Gasteiger partial charge in [-0.15, -0.1) is 8.78 Å². The Kier molecular flexibility index (Phi) is 1.75. The van der Waals surface area contributed by atoms with E-state index in [2.05, 4.69) is 9.47 Å². The Morgan fingerprint density at radius 2 is 1.86 bits per heavy atom. The second-order valence-electron chi connectivity index (χ2n) is 2.82. The molecule has 0 aliphatic carbocycles. The monoisotopic (exact) mass is 203 g/mol. The fourth-order valence-corrected chi connectivity index (χ4v) is 1.19. The third kappa shape index (κ3) is 1.33. The van der Waals surface area contributed by atoms with E-state index in [-0.39, 0.29) is 23.8 Å². The van der Waals surface area contributed by atoms with Crippen molar-refractivity contribution in [2.24, 2.45) is 0 Å². The highest BCUT2D eigenvalue weighted by Crippen LogP contribution is 2.43. The van der Waals surface area contributed by atoms with E-state index in [1.165, 1.54) is 12.1 Å². The van der Waals surface area contributed by atoms with E-state index < -0.39 is 6.29 Å². The standard InChI is InChI=1S/C8H7F2NO3/c9-8(10)13-6-1-4(3-12)5(11)2-7(6)14-8/h1-2,12H,3,11H2. The summed E-state index contributed by atoms with van der Waals surface area (Å²) in [5.74, 6) is -0.238. The number of aliphatic hydroxyl groups excluding tert-OH is 1. The first-order chi connectivity index (χ1) is 6.52. The molecule has 0 spiro atoms. The largest absolute Gasteiger partial charge is 0.586 e. The van der Waals surface area contributed by atoms with Crippen LogP contribution in [-0.2, 0) is 6.61 Å². The van der Waals surface area contributed by atoms with Crippen LogP contribution in [0.25, 0.3) is 0 Å². The average molecular weight is 203 g/mol. The van der Waals surface area contributed by atoms with Crippen molar-refractivity contribution in [2.75, 3.05) is 5.73 Å².